The van der Waals surface area contributed by atoms with Gasteiger partial charge in [0.1, 0.15) is 13.2 Å². The molecule has 6 nitrogen and oxygen atoms in total. The van der Waals surface area contributed by atoms with Crippen LogP contribution >= 0.6 is 0 Å². The molecule has 1 rings (SSSR count). The summed E-state index contributed by atoms with van der Waals surface area (Å²) in [4.78, 5) is 29.5. The van der Waals surface area contributed by atoms with Gasteiger partial charge in [-0.2, -0.15) is 0 Å². The van der Waals surface area contributed by atoms with Crippen LogP contribution < -0.4 is 0 Å². The van der Waals surface area contributed by atoms with Crippen molar-refractivity contribution in [2.75, 3.05) is 53.5 Å². The molecule has 6 heteroatoms. The van der Waals surface area contributed by atoms with E-state index in [4.69, 9.17) is 9.47 Å². The number of benzene rings is 1. The van der Waals surface area contributed by atoms with E-state index in [1.54, 1.807) is 24.3 Å². The predicted octanol–water partition coefficient (Wildman–Crippen LogP) is 8.15. The Hall–Kier alpha value is -1.92. The third-order valence-electron chi connectivity index (χ3n) is 7.53. The molecule has 0 spiro atoms. The number of unbranched alkanes of at least 4 members (excludes halogenated alkanes) is 14. The van der Waals surface area contributed by atoms with Gasteiger partial charge in [-0.05, 0) is 58.2 Å². The quantitative estimate of drug-likeness (QED) is 0.0842. The molecular formula is C34H60N2O4. The smallest absolute Gasteiger partial charge is 0.338 e. The molecule has 0 N–H and O–H groups in total. The molecular weight excluding hydrogens is 500 g/mol. The van der Waals surface area contributed by atoms with Gasteiger partial charge in [-0.25, -0.2) is 9.59 Å². The Bertz CT molecular complexity index is 711. The molecule has 1 aromatic rings. The maximum Gasteiger partial charge on any atom is 0.338 e. The number of carbonyl (C=O) groups is 2. The SMILES string of the molecule is CCCCCCCCCCN(C)CCOC(=O)c1cccc(C(=O)OCCN(C)CCCCCCCCCC)c1. The summed E-state index contributed by atoms with van der Waals surface area (Å²) in [6.45, 7) is 8.62. The second-order valence-corrected chi connectivity index (χ2v) is 11.4. The summed E-state index contributed by atoms with van der Waals surface area (Å²) in [5, 5.41) is 0. The first-order chi connectivity index (χ1) is 19.5. The fraction of sp³-hybridized carbons (Fsp3) is 0.765. The first-order valence-electron chi connectivity index (χ1n) is 16.3. The van der Waals surface area contributed by atoms with E-state index >= 15 is 0 Å². The highest BCUT2D eigenvalue weighted by Gasteiger charge is 2.13. The summed E-state index contributed by atoms with van der Waals surface area (Å²) in [5.41, 5.74) is 0.763. The summed E-state index contributed by atoms with van der Waals surface area (Å²) in [5.74, 6) is -0.805. The number of esters is 2. The van der Waals surface area contributed by atoms with Crippen LogP contribution in [0.15, 0.2) is 24.3 Å². The molecule has 230 valence electrons. The molecule has 0 saturated carbocycles. The maximum absolute atomic E-state index is 12.5. The lowest BCUT2D eigenvalue weighted by Gasteiger charge is -2.17. The van der Waals surface area contributed by atoms with Crippen molar-refractivity contribution in [2.24, 2.45) is 0 Å². The Kier molecular flexibility index (Phi) is 22.4. The number of likely N-dealkylation sites (N-methyl/N-ethyl adjacent to an activating group) is 2. The zero-order valence-electron chi connectivity index (χ0n) is 26.4. The van der Waals surface area contributed by atoms with Crippen molar-refractivity contribution in [2.45, 2.75) is 117 Å². The van der Waals surface area contributed by atoms with Crippen molar-refractivity contribution in [1.82, 2.24) is 9.80 Å². The standard InChI is InChI=1S/C34H60N2O4/c1-5-7-9-11-13-15-17-19-24-35(3)26-28-39-33(37)31-22-21-23-32(30-31)34(38)40-29-27-36(4)25-20-18-16-14-12-10-8-6-2/h21-23,30H,5-20,24-29H2,1-4H3. The highest BCUT2D eigenvalue weighted by Crippen LogP contribution is 2.11. The number of carbonyl (C=O) groups excluding carboxylic acids is 2. The summed E-state index contributed by atoms with van der Waals surface area (Å²) < 4.78 is 10.9. The van der Waals surface area contributed by atoms with Crippen molar-refractivity contribution in [1.29, 1.82) is 0 Å². The van der Waals surface area contributed by atoms with E-state index in [9.17, 15) is 9.59 Å². The van der Waals surface area contributed by atoms with Crippen LogP contribution in [0.25, 0.3) is 0 Å². The van der Waals surface area contributed by atoms with Crippen molar-refractivity contribution >= 4 is 11.9 Å². The van der Waals surface area contributed by atoms with Gasteiger partial charge in [0, 0.05) is 13.1 Å². The minimum Gasteiger partial charge on any atom is -0.461 e. The summed E-state index contributed by atoms with van der Waals surface area (Å²) in [7, 11) is 4.14. The molecule has 0 fully saturated rings. The molecule has 1 aromatic carbocycles. The van der Waals surface area contributed by atoms with E-state index in [0.717, 1.165) is 13.1 Å². The average Bonchev–Trinajstić information content (AvgIpc) is 2.95. The fourth-order valence-electron chi connectivity index (χ4n) is 4.78. The molecule has 0 bridgehead atoms. The van der Waals surface area contributed by atoms with E-state index in [2.05, 4.69) is 37.7 Å². The van der Waals surface area contributed by atoms with Gasteiger partial charge in [0.2, 0.25) is 0 Å². The molecule has 0 aromatic heterocycles. The van der Waals surface area contributed by atoms with Crippen molar-refractivity contribution < 1.29 is 19.1 Å². The van der Waals surface area contributed by atoms with Crippen LogP contribution in [0.5, 0.6) is 0 Å². The topological polar surface area (TPSA) is 59.1 Å². The lowest BCUT2D eigenvalue weighted by molar-refractivity contribution is 0.0471. The Morgan fingerprint density at radius 3 is 1.27 bits per heavy atom. The van der Waals surface area contributed by atoms with Crippen molar-refractivity contribution in [3.05, 3.63) is 35.4 Å². The molecule has 0 radical (unpaired) electrons. The molecule has 0 saturated heterocycles. The molecule has 0 aliphatic rings. The number of rotatable bonds is 26. The predicted molar refractivity (Wildman–Crippen MR) is 167 cm³/mol. The molecule has 0 aliphatic carbocycles. The lowest BCUT2D eigenvalue weighted by Crippen LogP contribution is -2.26. The third kappa shape index (κ3) is 19.2. The molecule has 0 atom stereocenters. The Morgan fingerprint density at radius 2 is 0.900 bits per heavy atom. The summed E-state index contributed by atoms with van der Waals surface area (Å²) in [6.07, 6.45) is 20.9. The van der Waals surface area contributed by atoms with Gasteiger partial charge in [0.15, 0.2) is 0 Å². The van der Waals surface area contributed by atoms with Gasteiger partial charge in [-0.1, -0.05) is 110 Å². The van der Waals surface area contributed by atoms with Gasteiger partial charge < -0.3 is 19.3 Å². The molecule has 0 unspecified atom stereocenters. The van der Waals surface area contributed by atoms with E-state index in [0.29, 0.717) is 37.4 Å². The molecule has 0 amide bonds. The molecule has 40 heavy (non-hydrogen) atoms. The van der Waals surface area contributed by atoms with Crippen molar-refractivity contribution in [3.63, 3.8) is 0 Å². The zero-order chi connectivity index (χ0) is 29.3. The second kappa shape index (κ2) is 24.8. The van der Waals surface area contributed by atoms with Crippen LogP contribution in [0, 0.1) is 0 Å². The van der Waals surface area contributed by atoms with Crippen LogP contribution in [0.1, 0.15) is 137 Å². The number of hydrogen-bond donors (Lipinski definition) is 0. The van der Waals surface area contributed by atoms with E-state index in [-0.39, 0.29) is 0 Å². The second-order valence-electron chi connectivity index (χ2n) is 11.4. The Balaban J connectivity index is 2.18. The van der Waals surface area contributed by atoms with Gasteiger partial charge in [0.05, 0.1) is 11.1 Å². The highest BCUT2D eigenvalue weighted by molar-refractivity contribution is 5.95. The van der Waals surface area contributed by atoms with E-state index in [1.807, 2.05) is 0 Å². The monoisotopic (exact) mass is 560 g/mol. The maximum atomic E-state index is 12.5. The number of hydrogen-bond acceptors (Lipinski definition) is 6. The Labute approximate surface area is 246 Å². The first-order valence-corrected chi connectivity index (χ1v) is 16.3. The minimum absolute atomic E-state index is 0.340. The zero-order valence-corrected chi connectivity index (χ0v) is 26.4. The minimum atomic E-state index is -0.403. The van der Waals surface area contributed by atoms with E-state index in [1.165, 1.54) is 103 Å². The van der Waals surface area contributed by atoms with Gasteiger partial charge in [-0.3, -0.25) is 0 Å². The number of ether oxygens (including phenoxy) is 2. The normalized spacial score (nSPS) is 11.3. The van der Waals surface area contributed by atoms with Crippen LogP contribution in [-0.2, 0) is 9.47 Å². The summed E-state index contributed by atoms with van der Waals surface area (Å²) in [6, 6.07) is 6.64. The highest BCUT2D eigenvalue weighted by atomic mass is 16.5. The van der Waals surface area contributed by atoms with Crippen LogP contribution in [0.4, 0.5) is 0 Å². The van der Waals surface area contributed by atoms with Gasteiger partial charge in [-0.15, -0.1) is 0 Å². The average molecular weight is 561 g/mol. The fourth-order valence-corrected chi connectivity index (χ4v) is 4.78. The van der Waals surface area contributed by atoms with Crippen LogP contribution in [0.3, 0.4) is 0 Å². The largest absolute Gasteiger partial charge is 0.461 e. The first kappa shape index (κ1) is 36.1. The molecule has 0 heterocycles. The lowest BCUT2D eigenvalue weighted by atomic mass is 10.1. The van der Waals surface area contributed by atoms with Gasteiger partial charge >= 0.3 is 11.9 Å². The third-order valence-corrected chi connectivity index (χ3v) is 7.53. The van der Waals surface area contributed by atoms with E-state index < -0.39 is 11.9 Å². The van der Waals surface area contributed by atoms with Crippen molar-refractivity contribution in [3.8, 4) is 0 Å². The number of nitrogens with zero attached hydrogens (tertiary/aromatic N) is 2. The van der Waals surface area contributed by atoms with Crippen LogP contribution in [0.2, 0.25) is 0 Å². The summed E-state index contributed by atoms with van der Waals surface area (Å²) >= 11 is 0. The van der Waals surface area contributed by atoms with Gasteiger partial charge in [0.25, 0.3) is 0 Å². The van der Waals surface area contributed by atoms with Crippen LogP contribution in [-0.4, -0.2) is 75.2 Å². The molecule has 0 aliphatic heterocycles. The Morgan fingerprint density at radius 1 is 0.550 bits per heavy atom.